The summed E-state index contributed by atoms with van der Waals surface area (Å²) in [6.07, 6.45) is 1.42. The van der Waals surface area contributed by atoms with Crippen molar-refractivity contribution in [1.82, 2.24) is 14.7 Å². The Balaban J connectivity index is 2.15. The molecule has 2 aromatic rings. The Hall–Kier alpha value is -3.16. The first-order valence-corrected chi connectivity index (χ1v) is 7.46. The molecular formula is C17H18N6O. The molecule has 122 valence electrons. The fourth-order valence-corrected chi connectivity index (χ4v) is 2.31. The first-order valence-electron chi connectivity index (χ1n) is 7.46. The molecule has 1 amide bonds. The zero-order chi connectivity index (χ0) is 17.5. The number of amides is 1. The third-order valence-corrected chi connectivity index (χ3v) is 3.37. The van der Waals surface area contributed by atoms with E-state index in [1.165, 1.54) is 10.9 Å². The quantitative estimate of drug-likeness (QED) is 0.874. The van der Waals surface area contributed by atoms with E-state index < -0.39 is 0 Å². The van der Waals surface area contributed by atoms with Crippen molar-refractivity contribution in [2.45, 2.75) is 6.92 Å². The van der Waals surface area contributed by atoms with Crippen LogP contribution in [-0.4, -0.2) is 40.7 Å². The second kappa shape index (κ2) is 7.91. The summed E-state index contributed by atoms with van der Waals surface area (Å²) in [6.45, 7) is 2.41. The Morgan fingerprint density at radius 2 is 2.08 bits per heavy atom. The van der Waals surface area contributed by atoms with Crippen molar-refractivity contribution < 1.29 is 4.79 Å². The smallest absolute Gasteiger partial charge is 0.239 e. The van der Waals surface area contributed by atoms with Gasteiger partial charge < -0.3 is 5.32 Å². The number of para-hydroxylation sites is 1. The van der Waals surface area contributed by atoms with E-state index in [2.05, 4.69) is 16.5 Å². The average Bonchev–Trinajstić information content (AvgIpc) is 2.97. The molecule has 0 spiro atoms. The highest BCUT2D eigenvalue weighted by Gasteiger charge is 2.16. The highest BCUT2D eigenvalue weighted by molar-refractivity contribution is 5.92. The molecule has 0 aliphatic rings. The van der Waals surface area contributed by atoms with Crippen LogP contribution >= 0.6 is 0 Å². The number of rotatable bonds is 6. The van der Waals surface area contributed by atoms with Gasteiger partial charge in [-0.25, -0.2) is 4.68 Å². The summed E-state index contributed by atoms with van der Waals surface area (Å²) in [5.41, 5.74) is 1.04. The molecule has 1 aromatic carbocycles. The number of likely N-dealkylation sites (N-methyl/N-ethyl adjacent to an activating group) is 1. The molecule has 1 heterocycles. The van der Waals surface area contributed by atoms with Gasteiger partial charge in [0.05, 0.1) is 30.4 Å². The number of hydrogen-bond donors (Lipinski definition) is 1. The Bertz CT molecular complexity index is 784. The number of nitrogens with one attached hydrogen (secondary N) is 1. The highest BCUT2D eigenvalue weighted by atomic mass is 16.2. The molecule has 0 saturated heterocycles. The number of anilines is 1. The van der Waals surface area contributed by atoms with Crippen LogP contribution in [0.1, 0.15) is 12.5 Å². The SMILES string of the molecule is C[C@@H](C#N)CN(C)CC(=O)Nc1c(C#N)cnn1-c1ccccc1. The summed E-state index contributed by atoms with van der Waals surface area (Å²) in [6, 6.07) is 13.4. The molecule has 0 radical (unpaired) electrons. The normalized spacial score (nSPS) is 11.5. The minimum absolute atomic E-state index is 0.122. The Labute approximate surface area is 140 Å². The highest BCUT2D eigenvalue weighted by Crippen LogP contribution is 2.19. The molecule has 7 heteroatoms. The van der Waals surface area contributed by atoms with E-state index in [0.29, 0.717) is 17.9 Å². The van der Waals surface area contributed by atoms with Gasteiger partial charge in [-0.15, -0.1) is 0 Å². The van der Waals surface area contributed by atoms with E-state index in [1.807, 2.05) is 36.4 Å². The third-order valence-electron chi connectivity index (χ3n) is 3.37. The zero-order valence-electron chi connectivity index (χ0n) is 13.6. The topological polar surface area (TPSA) is 97.7 Å². The Kier molecular flexibility index (Phi) is 5.67. The lowest BCUT2D eigenvalue weighted by molar-refractivity contribution is -0.117. The van der Waals surface area contributed by atoms with Crippen molar-refractivity contribution in [3.8, 4) is 17.8 Å². The molecule has 0 saturated carbocycles. The summed E-state index contributed by atoms with van der Waals surface area (Å²) in [4.78, 5) is 14.0. The molecular weight excluding hydrogens is 304 g/mol. The van der Waals surface area contributed by atoms with Gasteiger partial charge in [-0.1, -0.05) is 18.2 Å². The van der Waals surface area contributed by atoms with E-state index in [-0.39, 0.29) is 18.4 Å². The molecule has 0 aliphatic heterocycles. The zero-order valence-corrected chi connectivity index (χ0v) is 13.6. The van der Waals surface area contributed by atoms with Crippen LogP contribution in [0, 0.1) is 28.6 Å². The van der Waals surface area contributed by atoms with E-state index in [9.17, 15) is 10.1 Å². The van der Waals surface area contributed by atoms with Gasteiger partial charge in [0.15, 0.2) is 5.82 Å². The average molecular weight is 322 g/mol. The second-order valence-corrected chi connectivity index (χ2v) is 5.54. The fraction of sp³-hybridized carbons (Fsp3) is 0.294. The van der Waals surface area contributed by atoms with Crippen LogP contribution in [0.2, 0.25) is 0 Å². The van der Waals surface area contributed by atoms with Gasteiger partial charge in [-0.3, -0.25) is 9.69 Å². The monoisotopic (exact) mass is 322 g/mol. The number of nitrogens with zero attached hydrogens (tertiary/aromatic N) is 5. The van der Waals surface area contributed by atoms with Crippen LogP contribution in [0.25, 0.3) is 5.69 Å². The molecule has 1 N–H and O–H groups in total. The van der Waals surface area contributed by atoms with E-state index in [1.54, 1.807) is 18.9 Å². The van der Waals surface area contributed by atoms with Gasteiger partial charge in [-0.05, 0) is 26.1 Å². The fourth-order valence-electron chi connectivity index (χ4n) is 2.31. The number of benzene rings is 1. The first-order chi connectivity index (χ1) is 11.5. The maximum absolute atomic E-state index is 12.3. The number of aromatic nitrogens is 2. The molecule has 0 bridgehead atoms. The Morgan fingerprint density at radius 3 is 2.71 bits per heavy atom. The minimum Gasteiger partial charge on any atom is -0.308 e. The maximum atomic E-state index is 12.3. The standard InChI is InChI=1S/C17H18N6O/c1-13(8-18)11-22(2)12-16(24)21-17-14(9-19)10-20-23(17)15-6-4-3-5-7-15/h3-7,10,13H,11-12H2,1-2H3,(H,21,24)/t13-/m0/s1. The predicted octanol–water partition coefficient (Wildman–Crippen LogP) is 1.77. The van der Waals surface area contributed by atoms with Gasteiger partial charge in [-0.2, -0.15) is 15.6 Å². The summed E-state index contributed by atoms with van der Waals surface area (Å²) in [5, 5.41) is 25.0. The van der Waals surface area contributed by atoms with Gasteiger partial charge in [0.2, 0.25) is 5.91 Å². The van der Waals surface area contributed by atoms with Crippen LogP contribution in [0.15, 0.2) is 36.5 Å². The predicted molar refractivity (Wildman–Crippen MR) is 89.2 cm³/mol. The molecule has 0 fully saturated rings. The summed E-state index contributed by atoms with van der Waals surface area (Å²) >= 11 is 0. The van der Waals surface area contributed by atoms with Crippen molar-refractivity contribution in [2.75, 3.05) is 25.5 Å². The van der Waals surface area contributed by atoms with Gasteiger partial charge >= 0.3 is 0 Å². The van der Waals surface area contributed by atoms with Gasteiger partial charge in [0.1, 0.15) is 11.6 Å². The molecule has 7 nitrogen and oxygen atoms in total. The van der Waals surface area contributed by atoms with Crippen LogP contribution in [0.3, 0.4) is 0 Å². The largest absolute Gasteiger partial charge is 0.308 e. The van der Waals surface area contributed by atoms with Crippen molar-refractivity contribution in [3.63, 3.8) is 0 Å². The van der Waals surface area contributed by atoms with E-state index in [0.717, 1.165) is 5.69 Å². The number of carbonyl (C=O) groups is 1. The van der Waals surface area contributed by atoms with Gasteiger partial charge in [0, 0.05) is 6.54 Å². The maximum Gasteiger partial charge on any atom is 0.239 e. The summed E-state index contributed by atoms with van der Waals surface area (Å²) in [7, 11) is 1.77. The minimum atomic E-state index is -0.267. The van der Waals surface area contributed by atoms with Gasteiger partial charge in [0.25, 0.3) is 0 Å². The van der Waals surface area contributed by atoms with Crippen molar-refractivity contribution in [2.24, 2.45) is 5.92 Å². The Morgan fingerprint density at radius 1 is 1.38 bits per heavy atom. The number of nitriles is 2. The van der Waals surface area contributed by atoms with Crippen LogP contribution in [0.5, 0.6) is 0 Å². The van der Waals surface area contributed by atoms with Crippen molar-refractivity contribution in [3.05, 3.63) is 42.1 Å². The molecule has 0 unspecified atom stereocenters. The van der Waals surface area contributed by atoms with Crippen LogP contribution < -0.4 is 5.32 Å². The lowest BCUT2D eigenvalue weighted by atomic mass is 10.2. The molecule has 1 aromatic heterocycles. The molecule has 2 rings (SSSR count). The van der Waals surface area contributed by atoms with Crippen LogP contribution in [-0.2, 0) is 4.79 Å². The molecule has 0 aliphatic carbocycles. The van der Waals surface area contributed by atoms with E-state index in [4.69, 9.17) is 5.26 Å². The molecule has 1 atom stereocenters. The van der Waals surface area contributed by atoms with Crippen LogP contribution in [0.4, 0.5) is 5.82 Å². The van der Waals surface area contributed by atoms with Crippen molar-refractivity contribution in [1.29, 1.82) is 10.5 Å². The number of carbonyl (C=O) groups excluding carboxylic acids is 1. The second-order valence-electron chi connectivity index (χ2n) is 5.54. The molecule has 24 heavy (non-hydrogen) atoms. The first kappa shape index (κ1) is 17.2. The lowest BCUT2D eigenvalue weighted by Gasteiger charge is -2.17. The van der Waals surface area contributed by atoms with E-state index >= 15 is 0 Å². The number of hydrogen-bond acceptors (Lipinski definition) is 5. The van der Waals surface area contributed by atoms with Crippen molar-refractivity contribution >= 4 is 11.7 Å². The summed E-state index contributed by atoms with van der Waals surface area (Å²) < 4.78 is 1.52. The third kappa shape index (κ3) is 4.19. The lowest BCUT2D eigenvalue weighted by Crippen LogP contribution is -2.33. The summed E-state index contributed by atoms with van der Waals surface area (Å²) in [5.74, 6) is -0.0837.